The molecule has 0 bridgehead atoms. The van der Waals surface area contributed by atoms with Crippen molar-refractivity contribution in [2.75, 3.05) is 17.2 Å². The third-order valence-electron chi connectivity index (χ3n) is 4.81. The van der Waals surface area contributed by atoms with Gasteiger partial charge < -0.3 is 21.5 Å². The highest BCUT2D eigenvalue weighted by Crippen LogP contribution is 2.29. The number of anilines is 3. The van der Waals surface area contributed by atoms with Gasteiger partial charge in [-0.05, 0) is 30.7 Å². The second-order valence-corrected chi connectivity index (χ2v) is 7.58. The fourth-order valence-electron chi connectivity index (χ4n) is 3.19. The van der Waals surface area contributed by atoms with Crippen LogP contribution in [0.2, 0.25) is 5.02 Å². The van der Waals surface area contributed by atoms with Crippen LogP contribution in [0, 0.1) is 6.92 Å². The lowest BCUT2D eigenvalue weighted by Crippen LogP contribution is -2.17. The summed E-state index contributed by atoms with van der Waals surface area (Å²) in [6, 6.07) is 13.8. The number of rotatable bonds is 8. The third kappa shape index (κ3) is 5.08. The Balaban J connectivity index is 1.69. The standard InChI is InChI=1S/C22H21ClN8O2/c1-12-26-21(31-30-12)16-10-25-22(27-14-7-8-15(19(24)33)17(23)9-14)29-20(16)28-18(11-32)13-5-3-2-4-6-13/h2-10,18,32H,11H2,1H3,(H2,24,33)(H,26,30,31)(H2,25,27,28,29)/t18-/m1/s1. The molecule has 6 N–H and O–H groups in total. The van der Waals surface area contributed by atoms with Crippen molar-refractivity contribution in [2.45, 2.75) is 13.0 Å². The number of benzene rings is 2. The molecule has 0 radical (unpaired) electrons. The molecule has 0 saturated heterocycles. The predicted molar refractivity (Wildman–Crippen MR) is 125 cm³/mol. The smallest absolute Gasteiger partial charge is 0.250 e. The summed E-state index contributed by atoms with van der Waals surface area (Å²) in [5.74, 6) is 1.14. The molecular formula is C22H21ClN8O2. The third-order valence-corrected chi connectivity index (χ3v) is 5.13. The van der Waals surface area contributed by atoms with Gasteiger partial charge in [-0.2, -0.15) is 10.1 Å². The van der Waals surface area contributed by atoms with Crippen LogP contribution in [-0.2, 0) is 0 Å². The van der Waals surface area contributed by atoms with Crippen LogP contribution < -0.4 is 16.4 Å². The van der Waals surface area contributed by atoms with E-state index in [0.717, 1.165) is 5.56 Å². The van der Waals surface area contributed by atoms with E-state index in [4.69, 9.17) is 17.3 Å². The number of aryl methyl sites for hydroxylation is 1. The summed E-state index contributed by atoms with van der Waals surface area (Å²) in [5, 5.41) is 23.5. The van der Waals surface area contributed by atoms with Crippen LogP contribution in [0.4, 0.5) is 17.5 Å². The zero-order valence-electron chi connectivity index (χ0n) is 17.6. The van der Waals surface area contributed by atoms with E-state index in [-0.39, 0.29) is 23.1 Å². The van der Waals surface area contributed by atoms with E-state index < -0.39 is 11.9 Å². The van der Waals surface area contributed by atoms with Gasteiger partial charge >= 0.3 is 0 Å². The number of halogens is 1. The number of carbonyl (C=O) groups excluding carboxylic acids is 1. The van der Waals surface area contributed by atoms with Crippen LogP contribution in [0.25, 0.3) is 11.4 Å². The molecule has 33 heavy (non-hydrogen) atoms. The van der Waals surface area contributed by atoms with Crippen molar-refractivity contribution in [2.24, 2.45) is 5.73 Å². The average molecular weight is 465 g/mol. The van der Waals surface area contributed by atoms with Crippen LogP contribution in [0.1, 0.15) is 27.8 Å². The Morgan fingerprint density at radius 2 is 2.00 bits per heavy atom. The van der Waals surface area contributed by atoms with Crippen LogP contribution in [0.5, 0.6) is 0 Å². The number of H-pyrrole nitrogens is 1. The molecular weight excluding hydrogens is 444 g/mol. The van der Waals surface area contributed by atoms with Gasteiger partial charge in [0.25, 0.3) is 0 Å². The van der Waals surface area contributed by atoms with Crippen molar-refractivity contribution in [1.29, 1.82) is 0 Å². The lowest BCUT2D eigenvalue weighted by atomic mass is 10.1. The highest BCUT2D eigenvalue weighted by Gasteiger charge is 2.18. The maximum absolute atomic E-state index is 11.4. The number of nitrogens with two attached hydrogens (primary N) is 1. The first-order valence-corrected chi connectivity index (χ1v) is 10.4. The lowest BCUT2D eigenvalue weighted by molar-refractivity contribution is 0.100. The van der Waals surface area contributed by atoms with E-state index >= 15 is 0 Å². The second kappa shape index (κ2) is 9.63. The summed E-state index contributed by atoms with van der Waals surface area (Å²) in [6.07, 6.45) is 1.58. The summed E-state index contributed by atoms with van der Waals surface area (Å²) in [5.41, 5.74) is 7.54. The van der Waals surface area contributed by atoms with Gasteiger partial charge in [-0.25, -0.2) is 9.97 Å². The largest absolute Gasteiger partial charge is 0.394 e. The first-order valence-electron chi connectivity index (χ1n) is 9.99. The summed E-state index contributed by atoms with van der Waals surface area (Å²) in [4.78, 5) is 24.7. The molecule has 4 aromatic rings. The number of nitrogens with one attached hydrogen (secondary N) is 3. The van der Waals surface area contributed by atoms with Gasteiger partial charge in [-0.3, -0.25) is 9.89 Å². The predicted octanol–water partition coefficient (Wildman–Crippen LogP) is 3.21. The van der Waals surface area contributed by atoms with Crippen molar-refractivity contribution in [3.05, 3.63) is 76.7 Å². The number of amides is 1. The number of aromatic amines is 1. The molecule has 0 spiro atoms. The van der Waals surface area contributed by atoms with Gasteiger partial charge in [0.05, 0.1) is 28.8 Å². The molecule has 168 valence electrons. The highest BCUT2D eigenvalue weighted by atomic mass is 35.5. The molecule has 0 aliphatic rings. The quantitative estimate of drug-likeness (QED) is 0.266. The van der Waals surface area contributed by atoms with Crippen LogP contribution in [-0.4, -0.2) is 42.8 Å². The first-order chi connectivity index (χ1) is 15.9. The number of aliphatic hydroxyl groups excluding tert-OH is 1. The minimum atomic E-state index is -0.614. The Morgan fingerprint density at radius 1 is 1.21 bits per heavy atom. The first kappa shape index (κ1) is 22.2. The molecule has 0 saturated carbocycles. The van der Waals surface area contributed by atoms with E-state index in [9.17, 15) is 9.90 Å². The molecule has 10 nitrogen and oxygen atoms in total. The normalized spacial score (nSPS) is 11.7. The topological polar surface area (TPSA) is 155 Å². The Labute approximate surface area is 194 Å². The maximum atomic E-state index is 11.4. The van der Waals surface area contributed by atoms with Crippen molar-refractivity contribution in [3.8, 4) is 11.4 Å². The fourth-order valence-corrected chi connectivity index (χ4v) is 3.46. The Morgan fingerprint density at radius 3 is 2.64 bits per heavy atom. The van der Waals surface area contributed by atoms with Crippen molar-refractivity contribution in [3.63, 3.8) is 0 Å². The number of aromatic nitrogens is 5. The Kier molecular flexibility index (Phi) is 6.48. The minimum absolute atomic E-state index is 0.159. The number of hydrogen-bond donors (Lipinski definition) is 5. The molecule has 11 heteroatoms. The SMILES string of the molecule is Cc1nc(-c2cnc(Nc3ccc(C(N)=O)c(Cl)c3)nc2N[C@H](CO)c2ccccc2)n[nH]1. The summed E-state index contributed by atoms with van der Waals surface area (Å²) in [7, 11) is 0. The molecule has 0 aliphatic heterocycles. The number of aliphatic hydroxyl groups is 1. The molecule has 4 rings (SSSR count). The molecule has 2 aromatic carbocycles. The van der Waals surface area contributed by atoms with Gasteiger partial charge in [-0.15, -0.1) is 0 Å². The Hall–Kier alpha value is -4.02. The van der Waals surface area contributed by atoms with Gasteiger partial charge in [-0.1, -0.05) is 41.9 Å². The molecule has 2 heterocycles. The van der Waals surface area contributed by atoms with Crippen molar-refractivity contribution >= 4 is 35.0 Å². The number of hydrogen-bond acceptors (Lipinski definition) is 8. The molecule has 0 fully saturated rings. The molecule has 0 aliphatic carbocycles. The zero-order valence-corrected chi connectivity index (χ0v) is 18.3. The molecule has 1 amide bonds. The summed E-state index contributed by atoms with van der Waals surface area (Å²) >= 11 is 6.14. The minimum Gasteiger partial charge on any atom is -0.394 e. The van der Waals surface area contributed by atoms with Gasteiger partial charge in [0.2, 0.25) is 11.9 Å². The zero-order chi connectivity index (χ0) is 23.4. The van der Waals surface area contributed by atoms with E-state index in [2.05, 4.69) is 35.8 Å². The number of nitrogens with zero attached hydrogens (tertiary/aromatic N) is 4. The summed E-state index contributed by atoms with van der Waals surface area (Å²) < 4.78 is 0. The van der Waals surface area contributed by atoms with E-state index in [1.165, 1.54) is 6.07 Å². The fraction of sp³-hybridized carbons (Fsp3) is 0.136. The maximum Gasteiger partial charge on any atom is 0.250 e. The highest BCUT2D eigenvalue weighted by molar-refractivity contribution is 6.34. The average Bonchev–Trinajstić information content (AvgIpc) is 3.24. The van der Waals surface area contributed by atoms with E-state index in [0.29, 0.717) is 28.7 Å². The summed E-state index contributed by atoms with van der Waals surface area (Å²) in [6.45, 7) is 1.63. The van der Waals surface area contributed by atoms with Crippen LogP contribution >= 0.6 is 11.6 Å². The van der Waals surface area contributed by atoms with Gasteiger partial charge in [0.15, 0.2) is 5.82 Å². The van der Waals surface area contributed by atoms with Gasteiger partial charge in [0, 0.05) is 11.9 Å². The van der Waals surface area contributed by atoms with Crippen molar-refractivity contribution in [1.82, 2.24) is 25.1 Å². The number of carbonyl (C=O) groups is 1. The monoisotopic (exact) mass is 464 g/mol. The van der Waals surface area contributed by atoms with Gasteiger partial charge in [0.1, 0.15) is 11.6 Å². The molecule has 2 aromatic heterocycles. The molecule has 1 atom stereocenters. The van der Waals surface area contributed by atoms with Crippen molar-refractivity contribution < 1.29 is 9.90 Å². The van der Waals surface area contributed by atoms with E-state index in [1.54, 1.807) is 25.3 Å². The Bertz CT molecular complexity index is 1280. The second-order valence-electron chi connectivity index (χ2n) is 7.17. The van der Waals surface area contributed by atoms with E-state index in [1.807, 2.05) is 30.3 Å². The van der Waals surface area contributed by atoms with Crippen LogP contribution in [0.15, 0.2) is 54.7 Å². The lowest BCUT2D eigenvalue weighted by Gasteiger charge is -2.19. The number of primary amides is 1. The van der Waals surface area contributed by atoms with Crippen LogP contribution in [0.3, 0.4) is 0 Å². The molecule has 0 unspecified atom stereocenters.